The molecule has 1 fully saturated rings. The maximum absolute atomic E-state index is 5.81. The zero-order chi connectivity index (χ0) is 14.8. The highest BCUT2D eigenvalue weighted by Gasteiger charge is 2.17. The van der Waals surface area contributed by atoms with Crippen LogP contribution in [0.2, 0.25) is 0 Å². The van der Waals surface area contributed by atoms with E-state index in [-0.39, 0.29) is 5.95 Å². The van der Waals surface area contributed by atoms with Crippen LogP contribution in [0.25, 0.3) is 0 Å². The molecule has 1 aliphatic rings. The standard InChI is InChI=1S/C14H17BrN6/c1-9-4-5-10(15)11(8-9)17-13-18-12(16)19-14(20-13)21-6-2-3-7-21/h4-5,8H,2-3,6-7H2,1H3,(H3,16,17,18,19,20). The summed E-state index contributed by atoms with van der Waals surface area (Å²) in [6.45, 7) is 3.98. The van der Waals surface area contributed by atoms with Crippen molar-refractivity contribution in [1.82, 2.24) is 15.0 Å². The lowest BCUT2D eigenvalue weighted by molar-refractivity contribution is 0.887. The predicted octanol–water partition coefficient (Wildman–Crippen LogP) is 2.87. The molecule has 0 saturated carbocycles. The molecule has 110 valence electrons. The quantitative estimate of drug-likeness (QED) is 0.887. The Balaban J connectivity index is 1.89. The Hall–Kier alpha value is -1.89. The van der Waals surface area contributed by atoms with Crippen LogP contribution < -0.4 is 16.0 Å². The van der Waals surface area contributed by atoms with Gasteiger partial charge >= 0.3 is 0 Å². The van der Waals surface area contributed by atoms with Crippen LogP contribution in [-0.2, 0) is 0 Å². The van der Waals surface area contributed by atoms with Gasteiger partial charge in [0.15, 0.2) is 0 Å². The predicted molar refractivity (Wildman–Crippen MR) is 87.8 cm³/mol. The van der Waals surface area contributed by atoms with E-state index >= 15 is 0 Å². The third kappa shape index (κ3) is 3.24. The Kier molecular flexibility index (Phi) is 3.92. The maximum atomic E-state index is 5.81. The second-order valence-corrected chi connectivity index (χ2v) is 5.97. The van der Waals surface area contributed by atoms with E-state index in [2.05, 4.69) is 41.1 Å². The Labute approximate surface area is 131 Å². The van der Waals surface area contributed by atoms with Gasteiger partial charge in [-0.2, -0.15) is 15.0 Å². The van der Waals surface area contributed by atoms with Crippen molar-refractivity contribution < 1.29 is 0 Å². The maximum Gasteiger partial charge on any atom is 0.233 e. The molecule has 1 aromatic carbocycles. The van der Waals surface area contributed by atoms with Crippen molar-refractivity contribution in [1.29, 1.82) is 0 Å². The lowest BCUT2D eigenvalue weighted by Crippen LogP contribution is -2.22. The van der Waals surface area contributed by atoms with E-state index in [0.717, 1.165) is 41.7 Å². The fourth-order valence-electron chi connectivity index (χ4n) is 2.35. The van der Waals surface area contributed by atoms with Crippen molar-refractivity contribution in [2.75, 3.05) is 29.0 Å². The summed E-state index contributed by atoms with van der Waals surface area (Å²) in [6.07, 6.45) is 2.33. The molecular weight excluding hydrogens is 332 g/mol. The normalized spacial score (nSPS) is 14.5. The summed E-state index contributed by atoms with van der Waals surface area (Å²) in [5, 5.41) is 3.20. The number of benzene rings is 1. The molecule has 21 heavy (non-hydrogen) atoms. The molecular formula is C14H17BrN6. The van der Waals surface area contributed by atoms with Crippen LogP contribution in [0.3, 0.4) is 0 Å². The van der Waals surface area contributed by atoms with E-state index in [4.69, 9.17) is 5.73 Å². The third-order valence-corrected chi connectivity index (χ3v) is 4.09. The summed E-state index contributed by atoms with van der Waals surface area (Å²) in [7, 11) is 0. The lowest BCUT2D eigenvalue weighted by atomic mass is 10.2. The van der Waals surface area contributed by atoms with Gasteiger partial charge in [0.25, 0.3) is 0 Å². The summed E-state index contributed by atoms with van der Waals surface area (Å²) < 4.78 is 0.954. The van der Waals surface area contributed by atoms with Crippen molar-refractivity contribution in [3.8, 4) is 0 Å². The average molecular weight is 349 g/mol. The van der Waals surface area contributed by atoms with Gasteiger partial charge in [0.1, 0.15) is 0 Å². The number of aryl methyl sites for hydroxylation is 1. The molecule has 1 aromatic heterocycles. The van der Waals surface area contributed by atoms with Crippen LogP contribution in [0.4, 0.5) is 23.5 Å². The third-order valence-electron chi connectivity index (χ3n) is 3.40. The highest BCUT2D eigenvalue weighted by molar-refractivity contribution is 9.10. The average Bonchev–Trinajstić information content (AvgIpc) is 2.96. The molecule has 0 spiro atoms. The second-order valence-electron chi connectivity index (χ2n) is 5.12. The lowest BCUT2D eigenvalue weighted by Gasteiger charge is -2.16. The number of hydrogen-bond donors (Lipinski definition) is 2. The Morgan fingerprint density at radius 1 is 1.19 bits per heavy atom. The van der Waals surface area contributed by atoms with Crippen LogP contribution in [0, 0.1) is 6.92 Å². The molecule has 3 N–H and O–H groups in total. The number of nitrogens with one attached hydrogen (secondary N) is 1. The van der Waals surface area contributed by atoms with Gasteiger partial charge in [0.2, 0.25) is 17.8 Å². The number of rotatable bonds is 3. The molecule has 0 atom stereocenters. The number of halogens is 1. The van der Waals surface area contributed by atoms with E-state index in [1.165, 1.54) is 0 Å². The Morgan fingerprint density at radius 3 is 2.71 bits per heavy atom. The minimum Gasteiger partial charge on any atom is -0.368 e. The number of nitrogens with two attached hydrogens (primary N) is 1. The van der Waals surface area contributed by atoms with Crippen LogP contribution in [0.15, 0.2) is 22.7 Å². The first-order valence-corrected chi connectivity index (χ1v) is 7.71. The first-order chi connectivity index (χ1) is 10.1. The largest absolute Gasteiger partial charge is 0.368 e. The van der Waals surface area contributed by atoms with Gasteiger partial charge in [0, 0.05) is 17.6 Å². The SMILES string of the molecule is Cc1ccc(Br)c(Nc2nc(N)nc(N3CCCC3)n2)c1. The van der Waals surface area contributed by atoms with E-state index < -0.39 is 0 Å². The number of hydrogen-bond acceptors (Lipinski definition) is 6. The molecule has 0 amide bonds. The van der Waals surface area contributed by atoms with Crippen LogP contribution in [0.1, 0.15) is 18.4 Å². The van der Waals surface area contributed by atoms with Gasteiger partial charge in [0.05, 0.1) is 5.69 Å². The van der Waals surface area contributed by atoms with Crippen molar-refractivity contribution >= 4 is 39.5 Å². The van der Waals surface area contributed by atoms with Crippen LogP contribution >= 0.6 is 15.9 Å². The number of anilines is 4. The second kappa shape index (κ2) is 5.85. The number of nitrogen functional groups attached to an aromatic ring is 1. The Bertz CT molecular complexity index is 654. The van der Waals surface area contributed by atoms with Crippen molar-refractivity contribution in [2.24, 2.45) is 0 Å². The first-order valence-electron chi connectivity index (χ1n) is 6.91. The van der Waals surface area contributed by atoms with Gasteiger partial charge in [-0.3, -0.25) is 0 Å². The highest BCUT2D eigenvalue weighted by atomic mass is 79.9. The summed E-state index contributed by atoms with van der Waals surface area (Å²) in [5.41, 5.74) is 7.87. The highest BCUT2D eigenvalue weighted by Crippen LogP contribution is 2.26. The summed E-state index contributed by atoms with van der Waals surface area (Å²) in [6, 6.07) is 6.05. The monoisotopic (exact) mass is 348 g/mol. The molecule has 6 nitrogen and oxygen atoms in total. The zero-order valence-corrected chi connectivity index (χ0v) is 13.4. The van der Waals surface area contributed by atoms with Crippen molar-refractivity contribution in [3.63, 3.8) is 0 Å². The van der Waals surface area contributed by atoms with E-state index in [1.54, 1.807) is 0 Å². The van der Waals surface area contributed by atoms with Crippen LogP contribution in [0.5, 0.6) is 0 Å². The van der Waals surface area contributed by atoms with Gasteiger partial charge in [-0.15, -0.1) is 0 Å². The van der Waals surface area contributed by atoms with E-state index in [9.17, 15) is 0 Å². The summed E-state index contributed by atoms with van der Waals surface area (Å²) in [5.74, 6) is 1.35. The molecule has 7 heteroatoms. The molecule has 0 radical (unpaired) electrons. The molecule has 1 aliphatic heterocycles. The molecule has 0 unspecified atom stereocenters. The van der Waals surface area contributed by atoms with Crippen molar-refractivity contribution in [3.05, 3.63) is 28.2 Å². The van der Waals surface area contributed by atoms with Gasteiger partial charge in [-0.25, -0.2) is 0 Å². The molecule has 3 rings (SSSR count). The first kappa shape index (κ1) is 14.1. The zero-order valence-electron chi connectivity index (χ0n) is 11.8. The summed E-state index contributed by atoms with van der Waals surface area (Å²) >= 11 is 3.52. The molecule has 0 bridgehead atoms. The van der Waals surface area contributed by atoms with Crippen LogP contribution in [-0.4, -0.2) is 28.0 Å². The fraction of sp³-hybridized carbons (Fsp3) is 0.357. The van der Waals surface area contributed by atoms with E-state index in [1.807, 2.05) is 25.1 Å². The molecule has 2 aromatic rings. The summed E-state index contributed by atoms with van der Waals surface area (Å²) in [4.78, 5) is 15.0. The van der Waals surface area contributed by atoms with Gasteiger partial charge in [-0.1, -0.05) is 6.07 Å². The molecule has 1 saturated heterocycles. The number of aromatic nitrogens is 3. The Morgan fingerprint density at radius 2 is 1.95 bits per heavy atom. The van der Waals surface area contributed by atoms with E-state index in [0.29, 0.717) is 11.9 Å². The fourth-order valence-corrected chi connectivity index (χ4v) is 2.70. The molecule has 0 aliphatic carbocycles. The van der Waals surface area contributed by atoms with Gasteiger partial charge < -0.3 is 16.0 Å². The van der Waals surface area contributed by atoms with Gasteiger partial charge in [-0.05, 0) is 53.4 Å². The smallest absolute Gasteiger partial charge is 0.233 e. The minimum atomic E-state index is 0.234. The van der Waals surface area contributed by atoms with Crippen molar-refractivity contribution in [2.45, 2.75) is 19.8 Å². The topological polar surface area (TPSA) is 80.0 Å². The molecule has 2 heterocycles. The minimum absolute atomic E-state index is 0.234. The number of nitrogens with zero attached hydrogens (tertiary/aromatic N) is 4.